The summed E-state index contributed by atoms with van der Waals surface area (Å²) in [5.74, 6) is -0.275. The van der Waals surface area contributed by atoms with Crippen molar-refractivity contribution < 1.29 is 9.63 Å². The molecule has 14 heavy (non-hydrogen) atoms. The molecule has 0 aliphatic rings. The Balaban J connectivity index is 2.70. The van der Waals surface area contributed by atoms with E-state index in [0.29, 0.717) is 4.58 Å². The lowest BCUT2D eigenvalue weighted by Crippen LogP contribution is -2.22. The lowest BCUT2D eigenvalue weighted by atomic mass is 10.1. The summed E-state index contributed by atoms with van der Waals surface area (Å²) in [6, 6.07) is 7.67. The second-order valence-electron chi connectivity index (χ2n) is 2.92. The van der Waals surface area contributed by atoms with Crippen LogP contribution in [0, 0.1) is 6.92 Å². The molecule has 0 N–H and O–H groups in total. The van der Waals surface area contributed by atoms with Crippen LogP contribution in [-0.2, 0) is 16.1 Å². The molecule has 0 aromatic heterocycles. The molecule has 0 heterocycles. The third-order valence-electron chi connectivity index (χ3n) is 1.96. The molecule has 76 valence electrons. The Hall–Kier alpha value is -1.06. The molecule has 1 rings (SSSR count). The fraction of sp³-hybridized carbons (Fsp3) is 0.300. The van der Waals surface area contributed by atoms with Gasteiger partial charge in [-0.25, -0.2) is 0 Å². The average molecular weight is 214 g/mol. The fourth-order valence-electron chi connectivity index (χ4n) is 1.14. The summed E-state index contributed by atoms with van der Waals surface area (Å²) in [6.45, 7) is 1.95. The summed E-state index contributed by atoms with van der Waals surface area (Å²) in [7, 11) is 1.35. The van der Waals surface area contributed by atoms with Crippen molar-refractivity contribution >= 4 is 17.7 Å². The Bertz CT molecular complexity index is 328. The van der Waals surface area contributed by atoms with E-state index in [1.54, 1.807) is 0 Å². The quantitative estimate of drug-likeness (QED) is 0.569. The van der Waals surface area contributed by atoms with Crippen molar-refractivity contribution in [3.63, 3.8) is 0 Å². The predicted octanol–water partition coefficient (Wildman–Crippen LogP) is 2.08. The number of carbonyl (C=O) groups excluding carboxylic acids is 1. The largest absolute Gasteiger partial charge is 0.271 e. The normalized spacial score (nSPS) is 9.93. The van der Waals surface area contributed by atoms with Gasteiger partial charge in [0.05, 0.1) is 13.5 Å². The number of carbonyl (C=O) groups is 1. The topological polar surface area (TPSA) is 29.5 Å². The maximum atomic E-state index is 11.4. The molecule has 4 heteroatoms. The Labute approximate surface area is 88.3 Å². The van der Waals surface area contributed by atoms with Crippen LogP contribution < -0.4 is 0 Å². The standard InChI is InChI=1S/C10H12ClNO2/c1-8-5-3-4-6-9(8)7-10(13)12(11)14-2/h3-6H,7H2,1-2H3. The second-order valence-corrected chi connectivity index (χ2v) is 3.23. The van der Waals surface area contributed by atoms with Crippen LogP contribution in [0.2, 0.25) is 0 Å². The number of hydroxylamine groups is 1. The third kappa shape index (κ3) is 2.72. The first kappa shape index (κ1) is 11.0. The summed E-state index contributed by atoms with van der Waals surface area (Å²) in [5.41, 5.74) is 2.03. The summed E-state index contributed by atoms with van der Waals surface area (Å²) in [4.78, 5) is 15.9. The zero-order chi connectivity index (χ0) is 10.6. The molecule has 0 fully saturated rings. The van der Waals surface area contributed by atoms with Crippen molar-refractivity contribution in [2.24, 2.45) is 0 Å². The van der Waals surface area contributed by atoms with E-state index >= 15 is 0 Å². The summed E-state index contributed by atoms with van der Waals surface area (Å²) >= 11 is 5.48. The van der Waals surface area contributed by atoms with Gasteiger partial charge in [-0.2, -0.15) is 0 Å². The number of benzene rings is 1. The van der Waals surface area contributed by atoms with Crippen molar-refractivity contribution in [3.8, 4) is 0 Å². The molecule has 0 aliphatic carbocycles. The van der Waals surface area contributed by atoms with Crippen LogP contribution in [0.5, 0.6) is 0 Å². The Kier molecular flexibility index (Phi) is 3.92. The number of amides is 1. The SMILES string of the molecule is CON(Cl)C(=O)Cc1ccccc1C. The zero-order valence-electron chi connectivity index (χ0n) is 8.16. The van der Waals surface area contributed by atoms with E-state index < -0.39 is 0 Å². The lowest BCUT2D eigenvalue weighted by Gasteiger charge is -2.10. The molecular formula is C10H12ClNO2. The van der Waals surface area contributed by atoms with Crippen LogP contribution >= 0.6 is 11.8 Å². The maximum absolute atomic E-state index is 11.4. The van der Waals surface area contributed by atoms with Crippen LogP contribution in [0.4, 0.5) is 0 Å². The predicted molar refractivity (Wildman–Crippen MR) is 54.6 cm³/mol. The van der Waals surface area contributed by atoms with Crippen molar-refractivity contribution in [2.75, 3.05) is 7.11 Å². The van der Waals surface area contributed by atoms with Gasteiger partial charge in [-0.3, -0.25) is 9.63 Å². The number of aryl methyl sites for hydroxylation is 1. The Morgan fingerprint density at radius 1 is 1.50 bits per heavy atom. The zero-order valence-corrected chi connectivity index (χ0v) is 8.91. The summed E-state index contributed by atoms with van der Waals surface area (Å²) in [5, 5.41) is 0. The Morgan fingerprint density at radius 2 is 2.14 bits per heavy atom. The minimum absolute atomic E-state index is 0.254. The number of nitrogens with zero attached hydrogens (tertiary/aromatic N) is 1. The van der Waals surface area contributed by atoms with Crippen molar-refractivity contribution in [1.29, 1.82) is 0 Å². The average Bonchev–Trinajstić information content (AvgIpc) is 2.20. The summed E-state index contributed by atoms with van der Waals surface area (Å²) in [6.07, 6.45) is 0.254. The van der Waals surface area contributed by atoms with E-state index in [-0.39, 0.29) is 12.3 Å². The molecule has 0 unspecified atom stereocenters. The number of halogens is 1. The minimum Gasteiger partial charge on any atom is -0.271 e. The molecule has 0 atom stereocenters. The first-order valence-electron chi connectivity index (χ1n) is 4.22. The molecule has 3 nitrogen and oxygen atoms in total. The van der Waals surface area contributed by atoms with Crippen LogP contribution in [-0.4, -0.2) is 17.6 Å². The smallest absolute Gasteiger partial charge is 0.266 e. The molecule has 1 amide bonds. The van der Waals surface area contributed by atoms with Crippen LogP contribution in [0.15, 0.2) is 24.3 Å². The van der Waals surface area contributed by atoms with Gasteiger partial charge in [-0.1, -0.05) is 24.3 Å². The minimum atomic E-state index is -0.275. The van der Waals surface area contributed by atoms with Gasteiger partial charge in [0.2, 0.25) is 0 Å². The Morgan fingerprint density at radius 3 is 2.71 bits per heavy atom. The number of rotatable bonds is 3. The van der Waals surface area contributed by atoms with Crippen LogP contribution in [0.3, 0.4) is 0 Å². The monoisotopic (exact) mass is 213 g/mol. The van der Waals surface area contributed by atoms with E-state index in [1.165, 1.54) is 7.11 Å². The van der Waals surface area contributed by atoms with Gasteiger partial charge in [0, 0.05) is 11.8 Å². The van der Waals surface area contributed by atoms with E-state index in [1.807, 2.05) is 31.2 Å². The van der Waals surface area contributed by atoms with Gasteiger partial charge in [-0.15, -0.1) is 4.58 Å². The first-order valence-corrected chi connectivity index (χ1v) is 4.56. The van der Waals surface area contributed by atoms with Gasteiger partial charge in [0.1, 0.15) is 0 Å². The van der Waals surface area contributed by atoms with Gasteiger partial charge in [-0.05, 0) is 18.1 Å². The molecule has 1 aromatic rings. The van der Waals surface area contributed by atoms with Gasteiger partial charge < -0.3 is 0 Å². The number of hydrogen-bond acceptors (Lipinski definition) is 2. The molecule has 0 bridgehead atoms. The lowest BCUT2D eigenvalue weighted by molar-refractivity contribution is -0.151. The molecule has 0 spiro atoms. The van der Waals surface area contributed by atoms with Crippen molar-refractivity contribution in [3.05, 3.63) is 35.4 Å². The highest BCUT2D eigenvalue weighted by molar-refractivity contribution is 6.20. The van der Waals surface area contributed by atoms with Gasteiger partial charge >= 0.3 is 0 Å². The van der Waals surface area contributed by atoms with E-state index in [4.69, 9.17) is 11.8 Å². The molecule has 0 aliphatic heterocycles. The first-order chi connectivity index (χ1) is 6.65. The molecule has 0 saturated heterocycles. The van der Waals surface area contributed by atoms with Crippen LogP contribution in [0.25, 0.3) is 0 Å². The van der Waals surface area contributed by atoms with E-state index in [0.717, 1.165) is 11.1 Å². The van der Waals surface area contributed by atoms with Crippen molar-refractivity contribution in [2.45, 2.75) is 13.3 Å². The van der Waals surface area contributed by atoms with Crippen LogP contribution in [0.1, 0.15) is 11.1 Å². The highest BCUT2D eigenvalue weighted by atomic mass is 35.5. The highest BCUT2D eigenvalue weighted by Gasteiger charge is 2.11. The summed E-state index contributed by atoms with van der Waals surface area (Å²) < 4.78 is 0.715. The van der Waals surface area contributed by atoms with E-state index in [2.05, 4.69) is 4.84 Å². The third-order valence-corrected chi connectivity index (χ3v) is 2.29. The second kappa shape index (κ2) is 4.98. The molecule has 1 aromatic carbocycles. The molecule has 0 radical (unpaired) electrons. The van der Waals surface area contributed by atoms with E-state index in [9.17, 15) is 4.79 Å². The highest BCUT2D eigenvalue weighted by Crippen LogP contribution is 2.10. The number of hydrogen-bond donors (Lipinski definition) is 0. The fourth-order valence-corrected chi connectivity index (χ4v) is 1.20. The molecular weight excluding hydrogens is 202 g/mol. The van der Waals surface area contributed by atoms with Crippen molar-refractivity contribution in [1.82, 2.24) is 4.58 Å². The van der Waals surface area contributed by atoms with Gasteiger partial charge in [0.15, 0.2) is 0 Å². The maximum Gasteiger partial charge on any atom is 0.266 e. The van der Waals surface area contributed by atoms with Gasteiger partial charge in [0.25, 0.3) is 5.91 Å². The molecule has 0 saturated carbocycles.